The summed E-state index contributed by atoms with van der Waals surface area (Å²) in [4.78, 5) is 13.2. The molecule has 0 aliphatic carbocycles. The van der Waals surface area contributed by atoms with Crippen molar-refractivity contribution in [3.8, 4) is 28.7 Å². The summed E-state index contributed by atoms with van der Waals surface area (Å²) in [5, 5.41) is 0. The Bertz CT molecular complexity index is 942. The summed E-state index contributed by atoms with van der Waals surface area (Å²) in [5.74, 6) is 2.87. The first-order valence-electron chi connectivity index (χ1n) is 7.84. The van der Waals surface area contributed by atoms with Gasteiger partial charge < -0.3 is 13.7 Å². The second kappa shape index (κ2) is 6.60. The minimum absolute atomic E-state index is 0.557. The summed E-state index contributed by atoms with van der Waals surface area (Å²) in [5.41, 5.74) is 2.02. The third-order valence-corrected chi connectivity index (χ3v) is 3.88. The molecule has 4 aromatic rings. The van der Waals surface area contributed by atoms with E-state index in [1.54, 1.807) is 32.0 Å². The highest BCUT2D eigenvalue weighted by Crippen LogP contribution is 2.21. The molecule has 0 saturated carbocycles. The molecule has 4 rings (SSSR count). The van der Waals surface area contributed by atoms with Crippen molar-refractivity contribution >= 4 is 0 Å². The molecule has 3 aromatic heterocycles. The quantitative estimate of drug-likeness (QED) is 0.558. The summed E-state index contributed by atoms with van der Waals surface area (Å²) < 4.78 is 12.6. The highest BCUT2D eigenvalue weighted by Gasteiger charge is 2.10. The molecule has 0 N–H and O–H groups in total. The molecule has 0 atom stereocenters. The van der Waals surface area contributed by atoms with E-state index in [1.807, 2.05) is 42.6 Å². The molecule has 0 spiro atoms. The molecule has 6 nitrogen and oxygen atoms in total. The van der Waals surface area contributed by atoms with Crippen LogP contribution in [0.4, 0.5) is 0 Å². The Kier molecular flexibility index (Phi) is 4.00. The van der Waals surface area contributed by atoms with Crippen LogP contribution in [0.3, 0.4) is 0 Å². The van der Waals surface area contributed by atoms with Crippen molar-refractivity contribution in [3.63, 3.8) is 0 Å². The number of furan rings is 1. The van der Waals surface area contributed by atoms with E-state index in [-0.39, 0.29) is 0 Å². The third kappa shape index (κ3) is 3.14. The van der Waals surface area contributed by atoms with E-state index in [2.05, 4.69) is 19.5 Å². The van der Waals surface area contributed by atoms with Crippen LogP contribution in [0.2, 0.25) is 0 Å². The Hall–Kier alpha value is -3.41. The van der Waals surface area contributed by atoms with Gasteiger partial charge in [-0.1, -0.05) is 12.1 Å². The van der Waals surface area contributed by atoms with Crippen molar-refractivity contribution in [2.75, 3.05) is 7.11 Å². The van der Waals surface area contributed by atoms with Crippen LogP contribution in [-0.2, 0) is 6.54 Å². The van der Waals surface area contributed by atoms with Gasteiger partial charge >= 0.3 is 0 Å². The van der Waals surface area contributed by atoms with Gasteiger partial charge in [0.15, 0.2) is 11.6 Å². The molecule has 0 saturated heterocycles. The first kappa shape index (κ1) is 15.1. The lowest BCUT2D eigenvalue weighted by Crippen LogP contribution is -2.02. The second-order valence-electron chi connectivity index (χ2n) is 5.50. The molecule has 0 unspecified atom stereocenters. The number of hydrogen-bond donors (Lipinski definition) is 0. The van der Waals surface area contributed by atoms with Crippen LogP contribution >= 0.6 is 0 Å². The molecular formula is C19H16N4O2. The number of hydrogen-bond acceptors (Lipinski definition) is 5. The molecule has 0 amide bonds. The van der Waals surface area contributed by atoms with Crippen molar-refractivity contribution in [2.24, 2.45) is 0 Å². The molecule has 124 valence electrons. The zero-order valence-electron chi connectivity index (χ0n) is 13.7. The lowest BCUT2D eigenvalue weighted by Gasteiger charge is -2.09. The van der Waals surface area contributed by atoms with Gasteiger partial charge in [0.2, 0.25) is 0 Å². The maximum atomic E-state index is 5.32. The molecule has 0 aliphatic heterocycles. The lowest BCUT2D eigenvalue weighted by molar-refractivity contribution is 0.414. The first-order chi connectivity index (χ1) is 12.3. The number of imidazole rings is 1. The topological polar surface area (TPSA) is 66.0 Å². The zero-order chi connectivity index (χ0) is 17.1. The molecule has 1 aromatic carbocycles. The summed E-state index contributed by atoms with van der Waals surface area (Å²) in [6.07, 6.45) is 8.85. The molecule has 3 heterocycles. The fraction of sp³-hybridized carbons (Fsp3) is 0.105. The van der Waals surface area contributed by atoms with E-state index in [1.165, 1.54) is 0 Å². The van der Waals surface area contributed by atoms with Crippen molar-refractivity contribution in [1.82, 2.24) is 19.5 Å². The van der Waals surface area contributed by atoms with Crippen LogP contribution < -0.4 is 4.74 Å². The predicted octanol–water partition coefficient (Wildman–Crippen LogP) is 3.66. The first-order valence-corrected chi connectivity index (χ1v) is 7.84. The number of nitrogens with zero attached hydrogens (tertiary/aromatic N) is 4. The standard InChI is InChI=1S/C19H16N4O2/c1-24-16-6-4-14(5-7-16)13-23-9-8-20-19(23)15-11-21-18(22-12-15)17-3-2-10-25-17/h2-12H,13H2,1H3. The summed E-state index contributed by atoms with van der Waals surface area (Å²) >= 11 is 0. The van der Waals surface area contributed by atoms with Crippen molar-refractivity contribution < 1.29 is 9.15 Å². The van der Waals surface area contributed by atoms with E-state index >= 15 is 0 Å². The molecule has 6 heteroatoms. The Morgan fingerprint density at radius 1 is 1.04 bits per heavy atom. The smallest absolute Gasteiger partial charge is 0.195 e. The van der Waals surface area contributed by atoms with Crippen LogP contribution in [0, 0.1) is 0 Å². The van der Waals surface area contributed by atoms with Gasteiger partial charge in [-0.15, -0.1) is 0 Å². The summed E-state index contributed by atoms with van der Waals surface area (Å²) in [6.45, 7) is 0.708. The average Bonchev–Trinajstić information content (AvgIpc) is 3.35. The third-order valence-electron chi connectivity index (χ3n) is 3.88. The highest BCUT2D eigenvalue weighted by molar-refractivity contribution is 5.56. The van der Waals surface area contributed by atoms with Crippen LogP contribution in [0.25, 0.3) is 23.0 Å². The predicted molar refractivity (Wildman–Crippen MR) is 93.1 cm³/mol. The average molecular weight is 332 g/mol. The van der Waals surface area contributed by atoms with E-state index < -0.39 is 0 Å². The summed E-state index contributed by atoms with van der Waals surface area (Å²) in [6, 6.07) is 11.6. The zero-order valence-corrected chi connectivity index (χ0v) is 13.7. The van der Waals surface area contributed by atoms with Crippen molar-refractivity contribution in [2.45, 2.75) is 6.54 Å². The van der Waals surface area contributed by atoms with Gasteiger partial charge in [-0.05, 0) is 29.8 Å². The maximum absolute atomic E-state index is 5.32. The molecular weight excluding hydrogens is 316 g/mol. The second-order valence-corrected chi connectivity index (χ2v) is 5.50. The number of aromatic nitrogens is 4. The number of methoxy groups -OCH3 is 1. The molecule has 0 radical (unpaired) electrons. The van der Waals surface area contributed by atoms with Gasteiger partial charge in [0, 0.05) is 31.3 Å². The fourth-order valence-corrected chi connectivity index (χ4v) is 2.60. The Labute approximate surface area is 144 Å². The van der Waals surface area contributed by atoms with Gasteiger partial charge in [0.05, 0.1) is 18.9 Å². The Balaban J connectivity index is 1.58. The largest absolute Gasteiger partial charge is 0.497 e. The van der Waals surface area contributed by atoms with Gasteiger partial charge in [-0.2, -0.15) is 0 Å². The van der Waals surface area contributed by atoms with E-state index in [9.17, 15) is 0 Å². The normalized spacial score (nSPS) is 10.8. The van der Waals surface area contributed by atoms with Gasteiger partial charge in [0.25, 0.3) is 0 Å². The van der Waals surface area contributed by atoms with E-state index in [4.69, 9.17) is 9.15 Å². The van der Waals surface area contributed by atoms with Crippen LogP contribution in [0.1, 0.15) is 5.56 Å². The molecule has 25 heavy (non-hydrogen) atoms. The van der Waals surface area contributed by atoms with E-state index in [0.717, 1.165) is 22.7 Å². The number of benzene rings is 1. The Morgan fingerprint density at radius 2 is 1.84 bits per heavy atom. The highest BCUT2D eigenvalue weighted by atomic mass is 16.5. The minimum Gasteiger partial charge on any atom is -0.497 e. The van der Waals surface area contributed by atoms with Gasteiger partial charge in [0.1, 0.15) is 11.6 Å². The summed E-state index contributed by atoms with van der Waals surface area (Å²) in [7, 11) is 1.66. The molecule has 0 fully saturated rings. The van der Waals surface area contributed by atoms with Crippen molar-refractivity contribution in [3.05, 3.63) is 73.0 Å². The van der Waals surface area contributed by atoms with E-state index in [0.29, 0.717) is 18.1 Å². The molecule has 0 bridgehead atoms. The minimum atomic E-state index is 0.557. The monoisotopic (exact) mass is 332 g/mol. The van der Waals surface area contributed by atoms with Crippen LogP contribution in [-0.4, -0.2) is 26.6 Å². The lowest BCUT2D eigenvalue weighted by atomic mass is 10.2. The van der Waals surface area contributed by atoms with Crippen LogP contribution in [0.15, 0.2) is 71.9 Å². The fourth-order valence-electron chi connectivity index (χ4n) is 2.60. The number of rotatable bonds is 5. The van der Waals surface area contributed by atoms with Crippen molar-refractivity contribution in [1.29, 1.82) is 0 Å². The van der Waals surface area contributed by atoms with Gasteiger partial charge in [-0.3, -0.25) is 0 Å². The SMILES string of the molecule is COc1ccc(Cn2ccnc2-c2cnc(-c3ccco3)nc2)cc1. The number of ether oxygens (including phenoxy) is 1. The van der Waals surface area contributed by atoms with Crippen LogP contribution in [0.5, 0.6) is 5.75 Å². The maximum Gasteiger partial charge on any atom is 0.195 e. The molecule has 0 aliphatic rings. The van der Waals surface area contributed by atoms with Gasteiger partial charge in [-0.25, -0.2) is 15.0 Å². The Morgan fingerprint density at radius 3 is 2.52 bits per heavy atom.